The maximum atomic E-state index is 3.22. The summed E-state index contributed by atoms with van der Waals surface area (Å²) < 4.78 is 2.29. The minimum absolute atomic E-state index is 0.918. The van der Waals surface area contributed by atoms with Gasteiger partial charge in [-0.05, 0) is 26.0 Å². The van der Waals surface area contributed by atoms with Crippen LogP contribution >= 0.6 is 11.9 Å². The van der Waals surface area contributed by atoms with Crippen molar-refractivity contribution < 1.29 is 0 Å². The molecule has 2 heterocycles. The lowest BCUT2D eigenvalue weighted by molar-refractivity contribution is 0.418. The minimum atomic E-state index is 0.918. The molecule has 2 aliphatic rings. The third-order valence-electron chi connectivity index (χ3n) is 2.86. The quantitative estimate of drug-likeness (QED) is 0.741. The van der Waals surface area contributed by atoms with Gasteiger partial charge in [-0.1, -0.05) is 18.0 Å². The monoisotopic (exact) mass is 235 g/mol. The Morgan fingerprint density at radius 1 is 1.31 bits per heavy atom. The summed E-state index contributed by atoms with van der Waals surface area (Å²) in [6.45, 7) is 5.24. The van der Waals surface area contributed by atoms with Crippen LogP contribution in [0, 0.1) is 0 Å². The van der Waals surface area contributed by atoms with Gasteiger partial charge in [0.15, 0.2) is 0 Å². The summed E-state index contributed by atoms with van der Waals surface area (Å²) in [7, 11) is 0. The van der Waals surface area contributed by atoms with Gasteiger partial charge in [0.05, 0.1) is 5.70 Å². The van der Waals surface area contributed by atoms with Gasteiger partial charge in [0.1, 0.15) is 6.67 Å². The van der Waals surface area contributed by atoms with E-state index in [0.29, 0.717) is 0 Å². The highest BCUT2D eigenvalue weighted by atomic mass is 32.2. The van der Waals surface area contributed by atoms with Crippen molar-refractivity contribution in [2.24, 2.45) is 0 Å². The highest BCUT2D eigenvalue weighted by Gasteiger charge is 2.21. The molecule has 2 rings (SSSR count). The van der Waals surface area contributed by atoms with Crippen molar-refractivity contribution in [1.29, 1.82) is 0 Å². The van der Waals surface area contributed by atoms with Gasteiger partial charge in [-0.25, -0.2) is 0 Å². The molecule has 0 fully saturated rings. The summed E-state index contributed by atoms with van der Waals surface area (Å²) in [4.78, 5) is 2.26. The fraction of sp³-hybridized carbons (Fsp3) is 0.333. The molecule has 0 amide bonds. The Labute approximate surface area is 101 Å². The van der Waals surface area contributed by atoms with Crippen LogP contribution in [0.4, 0.5) is 0 Å². The van der Waals surface area contributed by atoms with Gasteiger partial charge < -0.3 is 10.2 Å². The van der Waals surface area contributed by atoms with Crippen molar-refractivity contribution in [3.8, 4) is 0 Å². The molecule has 86 valence electrons. The van der Waals surface area contributed by atoms with Crippen LogP contribution in [0.3, 0.4) is 0 Å². The predicted octanol–water partition coefficient (Wildman–Crippen LogP) is 2.61. The second-order valence-corrected chi connectivity index (χ2v) is 4.60. The number of hydrogen-bond donors (Lipinski definition) is 1. The SMILES string of the molecule is CSN1CN(/C=C2/C=CC=CN2)C(C)=C1C. The normalized spacial score (nSPS) is 22.3. The molecule has 0 aromatic heterocycles. The molecule has 0 unspecified atom stereocenters. The van der Waals surface area contributed by atoms with Gasteiger partial charge in [0.2, 0.25) is 0 Å². The van der Waals surface area contributed by atoms with Crippen LogP contribution < -0.4 is 5.32 Å². The number of nitrogens with one attached hydrogen (secondary N) is 1. The Bertz CT molecular complexity index is 393. The summed E-state index contributed by atoms with van der Waals surface area (Å²) in [5.41, 5.74) is 3.77. The van der Waals surface area contributed by atoms with Crippen molar-refractivity contribution in [3.63, 3.8) is 0 Å². The van der Waals surface area contributed by atoms with E-state index in [1.165, 1.54) is 11.4 Å². The molecule has 4 heteroatoms. The van der Waals surface area contributed by atoms with E-state index in [1.54, 1.807) is 11.9 Å². The third-order valence-corrected chi connectivity index (χ3v) is 3.69. The molecular formula is C12H17N3S. The van der Waals surface area contributed by atoms with Crippen LogP contribution in [0.25, 0.3) is 0 Å². The largest absolute Gasteiger partial charge is 0.361 e. The Balaban J connectivity index is 2.13. The lowest BCUT2D eigenvalue weighted by atomic mass is 10.3. The topological polar surface area (TPSA) is 18.5 Å². The molecule has 0 saturated carbocycles. The average Bonchev–Trinajstić information content (AvgIpc) is 2.58. The van der Waals surface area contributed by atoms with Crippen LogP contribution in [-0.4, -0.2) is 22.1 Å². The van der Waals surface area contributed by atoms with Crippen LogP contribution in [-0.2, 0) is 0 Å². The van der Waals surface area contributed by atoms with Crippen LogP contribution in [0.1, 0.15) is 13.8 Å². The van der Waals surface area contributed by atoms with E-state index >= 15 is 0 Å². The molecule has 0 spiro atoms. The standard InChI is InChI=1S/C12H17N3S/c1-10-11(2)15(16-3)9-14(10)8-12-6-4-5-7-13-12/h4-8,13H,9H2,1-3H3/b12-8-. The minimum Gasteiger partial charge on any atom is -0.361 e. The summed E-state index contributed by atoms with van der Waals surface area (Å²) in [5, 5.41) is 3.22. The van der Waals surface area contributed by atoms with Crippen LogP contribution in [0.2, 0.25) is 0 Å². The molecular weight excluding hydrogens is 218 g/mol. The van der Waals surface area contributed by atoms with E-state index in [4.69, 9.17) is 0 Å². The third kappa shape index (κ3) is 2.11. The Hall–Kier alpha value is -1.29. The Morgan fingerprint density at radius 3 is 2.69 bits per heavy atom. The van der Waals surface area contributed by atoms with E-state index in [1.807, 2.05) is 18.4 Å². The van der Waals surface area contributed by atoms with Crippen molar-refractivity contribution in [1.82, 2.24) is 14.5 Å². The van der Waals surface area contributed by atoms with Gasteiger partial charge in [0.25, 0.3) is 0 Å². The first-order valence-corrected chi connectivity index (χ1v) is 6.48. The first kappa shape index (κ1) is 11.2. The second kappa shape index (κ2) is 4.70. The maximum absolute atomic E-state index is 3.22. The van der Waals surface area contributed by atoms with E-state index < -0.39 is 0 Å². The van der Waals surface area contributed by atoms with E-state index in [0.717, 1.165) is 12.4 Å². The first-order chi connectivity index (χ1) is 7.72. The summed E-state index contributed by atoms with van der Waals surface area (Å²) in [5.74, 6) is 0. The molecule has 0 radical (unpaired) electrons. The predicted molar refractivity (Wildman–Crippen MR) is 69.9 cm³/mol. The number of allylic oxidation sites excluding steroid dienone is 5. The molecule has 0 aromatic carbocycles. The zero-order chi connectivity index (χ0) is 11.5. The Morgan fingerprint density at radius 2 is 2.12 bits per heavy atom. The first-order valence-electron chi connectivity index (χ1n) is 5.29. The van der Waals surface area contributed by atoms with Crippen molar-refractivity contribution >= 4 is 11.9 Å². The highest BCUT2D eigenvalue weighted by molar-refractivity contribution is 7.96. The molecule has 16 heavy (non-hydrogen) atoms. The van der Waals surface area contributed by atoms with Gasteiger partial charge in [-0.3, -0.25) is 4.31 Å². The molecule has 1 N–H and O–H groups in total. The molecule has 2 aliphatic heterocycles. The summed E-state index contributed by atoms with van der Waals surface area (Å²) in [6.07, 6.45) is 12.3. The molecule has 0 aromatic rings. The fourth-order valence-corrected chi connectivity index (χ4v) is 2.37. The molecule has 3 nitrogen and oxygen atoms in total. The molecule has 0 atom stereocenters. The summed E-state index contributed by atoms with van der Waals surface area (Å²) >= 11 is 1.76. The van der Waals surface area contributed by atoms with Crippen molar-refractivity contribution in [2.45, 2.75) is 13.8 Å². The fourth-order valence-electron chi connectivity index (χ4n) is 1.73. The van der Waals surface area contributed by atoms with Gasteiger partial charge >= 0.3 is 0 Å². The summed E-state index contributed by atoms with van der Waals surface area (Å²) in [6, 6.07) is 0. The average molecular weight is 235 g/mol. The lowest BCUT2D eigenvalue weighted by Gasteiger charge is -2.19. The zero-order valence-electron chi connectivity index (χ0n) is 9.90. The highest BCUT2D eigenvalue weighted by Crippen LogP contribution is 2.28. The molecule has 0 saturated heterocycles. The number of nitrogens with zero attached hydrogens (tertiary/aromatic N) is 2. The Kier molecular flexibility index (Phi) is 3.29. The van der Waals surface area contributed by atoms with E-state index in [9.17, 15) is 0 Å². The van der Waals surface area contributed by atoms with E-state index in [2.05, 4.69) is 46.9 Å². The number of dihydropyridines is 1. The molecule has 0 bridgehead atoms. The smallest absolute Gasteiger partial charge is 0.105 e. The maximum Gasteiger partial charge on any atom is 0.105 e. The molecule has 0 aliphatic carbocycles. The van der Waals surface area contributed by atoms with Crippen molar-refractivity contribution in [3.05, 3.63) is 47.7 Å². The van der Waals surface area contributed by atoms with Crippen LogP contribution in [0.15, 0.2) is 47.7 Å². The number of rotatable bonds is 2. The van der Waals surface area contributed by atoms with Gasteiger partial charge in [0, 0.05) is 30.0 Å². The second-order valence-electron chi connectivity index (χ2n) is 3.79. The van der Waals surface area contributed by atoms with Gasteiger partial charge in [-0.2, -0.15) is 0 Å². The zero-order valence-corrected chi connectivity index (χ0v) is 10.7. The van der Waals surface area contributed by atoms with Gasteiger partial charge in [-0.15, -0.1) is 0 Å². The lowest BCUT2D eigenvalue weighted by Crippen LogP contribution is -2.20. The van der Waals surface area contributed by atoms with Crippen molar-refractivity contribution in [2.75, 3.05) is 12.9 Å². The van der Waals surface area contributed by atoms with E-state index in [-0.39, 0.29) is 0 Å². The van der Waals surface area contributed by atoms with Crippen LogP contribution in [0.5, 0.6) is 0 Å². The number of hydrogen-bond acceptors (Lipinski definition) is 4.